The maximum absolute atomic E-state index is 11.8. The summed E-state index contributed by atoms with van der Waals surface area (Å²) in [5, 5.41) is 5.70. The Hall–Kier alpha value is -2.53. The molecule has 2 aromatic carbocycles. The van der Waals surface area contributed by atoms with Crippen LogP contribution in [0.4, 0.5) is 0 Å². The van der Waals surface area contributed by atoms with Crippen molar-refractivity contribution in [2.24, 2.45) is 0 Å². The molecule has 0 aliphatic heterocycles. The number of carbonyl (C=O) groups is 2. The van der Waals surface area contributed by atoms with Crippen LogP contribution in [0.5, 0.6) is 5.75 Å². The van der Waals surface area contributed by atoms with Crippen LogP contribution >= 0.6 is 11.6 Å². The SMILES string of the molecule is COc1ccc(CNC(=O)C(=O)NCc2cccc(Cl)c2)cc1. The zero-order valence-electron chi connectivity index (χ0n) is 12.6. The Labute approximate surface area is 139 Å². The van der Waals surface area contributed by atoms with Crippen molar-refractivity contribution in [2.75, 3.05) is 7.11 Å². The highest BCUT2D eigenvalue weighted by molar-refractivity contribution is 6.35. The molecule has 2 rings (SSSR count). The van der Waals surface area contributed by atoms with Crippen LogP contribution in [0.2, 0.25) is 5.02 Å². The minimum atomic E-state index is -0.682. The third kappa shape index (κ3) is 5.30. The molecule has 0 bridgehead atoms. The first-order chi connectivity index (χ1) is 11.1. The van der Waals surface area contributed by atoms with Crippen LogP contribution in [0.1, 0.15) is 11.1 Å². The van der Waals surface area contributed by atoms with Crippen molar-refractivity contribution in [1.29, 1.82) is 0 Å². The highest BCUT2D eigenvalue weighted by Crippen LogP contribution is 2.11. The van der Waals surface area contributed by atoms with Crippen LogP contribution in [-0.2, 0) is 22.7 Å². The molecule has 2 N–H and O–H groups in total. The van der Waals surface area contributed by atoms with Gasteiger partial charge in [-0.25, -0.2) is 0 Å². The Morgan fingerprint density at radius 2 is 1.57 bits per heavy atom. The standard InChI is InChI=1S/C17H17ClN2O3/c1-23-15-7-5-12(6-8-15)10-19-16(21)17(22)20-11-13-3-2-4-14(18)9-13/h2-9H,10-11H2,1H3,(H,19,21)(H,20,22). The topological polar surface area (TPSA) is 67.4 Å². The minimum absolute atomic E-state index is 0.245. The van der Waals surface area contributed by atoms with Gasteiger partial charge >= 0.3 is 11.8 Å². The molecule has 0 aliphatic rings. The van der Waals surface area contributed by atoms with E-state index in [0.29, 0.717) is 5.02 Å². The van der Waals surface area contributed by atoms with Crippen LogP contribution in [0.15, 0.2) is 48.5 Å². The number of halogens is 1. The molecule has 120 valence electrons. The summed E-state index contributed by atoms with van der Waals surface area (Å²) in [7, 11) is 1.58. The van der Waals surface area contributed by atoms with Gasteiger partial charge in [0.2, 0.25) is 0 Å². The Balaban J connectivity index is 1.79. The second-order valence-electron chi connectivity index (χ2n) is 4.84. The second kappa shape index (κ2) is 8.19. The first kappa shape index (κ1) is 16.8. The number of hydrogen-bond acceptors (Lipinski definition) is 3. The van der Waals surface area contributed by atoms with E-state index in [1.165, 1.54) is 0 Å². The second-order valence-corrected chi connectivity index (χ2v) is 5.28. The fraction of sp³-hybridized carbons (Fsp3) is 0.176. The zero-order chi connectivity index (χ0) is 16.7. The molecule has 0 saturated heterocycles. The van der Waals surface area contributed by atoms with Crippen LogP contribution in [0.25, 0.3) is 0 Å². The van der Waals surface area contributed by atoms with Crippen LogP contribution in [0, 0.1) is 0 Å². The fourth-order valence-corrected chi connectivity index (χ4v) is 2.13. The number of methoxy groups -OCH3 is 1. The zero-order valence-corrected chi connectivity index (χ0v) is 13.4. The van der Waals surface area contributed by atoms with Gasteiger partial charge in [-0.15, -0.1) is 0 Å². The van der Waals surface area contributed by atoms with Crippen molar-refractivity contribution in [2.45, 2.75) is 13.1 Å². The van der Waals surface area contributed by atoms with Gasteiger partial charge in [-0.05, 0) is 35.4 Å². The quantitative estimate of drug-likeness (QED) is 0.825. The lowest BCUT2D eigenvalue weighted by Gasteiger charge is -2.07. The molecule has 6 heteroatoms. The summed E-state index contributed by atoms with van der Waals surface area (Å²) in [4.78, 5) is 23.5. The van der Waals surface area contributed by atoms with Gasteiger partial charge in [-0.1, -0.05) is 35.9 Å². The van der Waals surface area contributed by atoms with Crippen molar-refractivity contribution in [3.63, 3.8) is 0 Å². The van der Waals surface area contributed by atoms with Gasteiger partial charge in [-0.3, -0.25) is 9.59 Å². The molecule has 0 radical (unpaired) electrons. The van der Waals surface area contributed by atoms with Crippen LogP contribution in [0.3, 0.4) is 0 Å². The number of nitrogens with one attached hydrogen (secondary N) is 2. The highest BCUT2D eigenvalue weighted by Gasteiger charge is 2.12. The summed E-state index contributed by atoms with van der Waals surface area (Å²) in [6.07, 6.45) is 0. The smallest absolute Gasteiger partial charge is 0.309 e. The monoisotopic (exact) mass is 332 g/mol. The number of rotatable bonds is 5. The predicted octanol–water partition coefficient (Wildman–Crippen LogP) is 2.28. The van der Waals surface area contributed by atoms with Crippen LogP contribution < -0.4 is 15.4 Å². The molecule has 0 heterocycles. The van der Waals surface area contributed by atoms with E-state index in [-0.39, 0.29) is 13.1 Å². The molecule has 23 heavy (non-hydrogen) atoms. The summed E-state index contributed by atoms with van der Waals surface area (Å²) >= 11 is 5.86. The van der Waals surface area contributed by atoms with Crippen molar-refractivity contribution in [3.05, 3.63) is 64.7 Å². The molecular weight excluding hydrogens is 316 g/mol. The average molecular weight is 333 g/mol. The first-order valence-electron chi connectivity index (χ1n) is 7.02. The summed E-state index contributed by atoms with van der Waals surface area (Å²) in [5.74, 6) is -0.624. The summed E-state index contributed by atoms with van der Waals surface area (Å²) in [6, 6.07) is 14.3. The highest BCUT2D eigenvalue weighted by atomic mass is 35.5. The number of amides is 2. The predicted molar refractivity (Wildman–Crippen MR) is 88.1 cm³/mol. The Morgan fingerprint density at radius 3 is 2.13 bits per heavy atom. The van der Waals surface area contributed by atoms with Gasteiger partial charge in [0, 0.05) is 18.1 Å². The van der Waals surface area contributed by atoms with Gasteiger partial charge in [0.25, 0.3) is 0 Å². The molecule has 0 aromatic heterocycles. The number of hydrogen-bond donors (Lipinski definition) is 2. The van der Waals surface area contributed by atoms with E-state index in [1.54, 1.807) is 37.4 Å². The van der Waals surface area contributed by atoms with E-state index < -0.39 is 11.8 Å². The van der Waals surface area contributed by atoms with Crippen molar-refractivity contribution in [1.82, 2.24) is 10.6 Å². The summed E-state index contributed by atoms with van der Waals surface area (Å²) in [6.45, 7) is 0.517. The Bertz CT molecular complexity index is 686. The lowest BCUT2D eigenvalue weighted by Crippen LogP contribution is -2.39. The first-order valence-corrected chi connectivity index (χ1v) is 7.39. The maximum Gasteiger partial charge on any atom is 0.309 e. The molecule has 2 amide bonds. The van der Waals surface area contributed by atoms with Crippen molar-refractivity contribution in [3.8, 4) is 5.75 Å². The molecule has 2 aromatic rings. The average Bonchev–Trinajstić information content (AvgIpc) is 2.58. The molecule has 0 unspecified atom stereocenters. The Kier molecular flexibility index (Phi) is 6.00. The molecule has 0 aliphatic carbocycles. The number of benzene rings is 2. The van der Waals surface area contributed by atoms with E-state index in [4.69, 9.17) is 16.3 Å². The third-order valence-electron chi connectivity index (χ3n) is 3.16. The van der Waals surface area contributed by atoms with Gasteiger partial charge in [0.05, 0.1) is 7.11 Å². The van der Waals surface area contributed by atoms with Crippen molar-refractivity contribution < 1.29 is 14.3 Å². The van der Waals surface area contributed by atoms with E-state index in [1.807, 2.05) is 18.2 Å². The van der Waals surface area contributed by atoms with E-state index >= 15 is 0 Å². The molecule has 0 atom stereocenters. The summed E-state index contributed by atoms with van der Waals surface area (Å²) in [5.41, 5.74) is 1.70. The number of carbonyl (C=O) groups excluding carboxylic acids is 2. The number of ether oxygens (including phenoxy) is 1. The third-order valence-corrected chi connectivity index (χ3v) is 3.40. The molecule has 0 saturated carbocycles. The van der Waals surface area contributed by atoms with Gasteiger partial charge in [0.1, 0.15) is 5.75 Å². The Morgan fingerprint density at radius 1 is 0.957 bits per heavy atom. The lowest BCUT2D eigenvalue weighted by atomic mass is 10.2. The summed E-state index contributed by atoms with van der Waals surface area (Å²) < 4.78 is 5.05. The molecular formula is C17H17ClN2O3. The lowest BCUT2D eigenvalue weighted by molar-refractivity contribution is -0.139. The minimum Gasteiger partial charge on any atom is -0.497 e. The van der Waals surface area contributed by atoms with Crippen molar-refractivity contribution >= 4 is 23.4 Å². The molecule has 0 fully saturated rings. The van der Waals surface area contributed by atoms with Gasteiger partial charge in [-0.2, -0.15) is 0 Å². The largest absolute Gasteiger partial charge is 0.497 e. The van der Waals surface area contributed by atoms with E-state index in [0.717, 1.165) is 16.9 Å². The maximum atomic E-state index is 11.8. The fourth-order valence-electron chi connectivity index (χ4n) is 1.92. The molecule has 0 spiro atoms. The van der Waals surface area contributed by atoms with E-state index in [2.05, 4.69) is 10.6 Å². The van der Waals surface area contributed by atoms with E-state index in [9.17, 15) is 9.59 Å². The normalized spacial score (nSPS) is 10.0. The van der Waals surface area contributed by atoms with Gasteiger partial charge < -0.3 is 15.4 Å². The molecule has 5 nitrogen and oxygen atoms in total. The van der Waals surface area contributed by atoms with Crippen LogP contribution in [-0.4, -0.2) is 18.9 Å². The van der Waals surface area contributed by atoms with Gasteiger partial charge in [0.15, 0.2) is 0 Å².